The van der Waals surface area contributed by atoms with Crippen molar-refractivity contribution in [1.29, 1.82) is 0 Å². The summed E-state index contributed by atoms with van der Waals surface area (Å²) < 4.78 is 0. The number of aldehydes is 1. The van der Waals surface area contributed by atoms with Gasteiger partial charge >= 0.3 is 0 Å². The van der Waals surface area contributed by atoms with E-state index in [4.69, 9.17) is 0 Å². The Morgan fingerprint density at radius 1 is 1.29 bits per heavy atom. The van der Waals surface area contributed by atoms with E-state index in [1.807, 2.05) is 0 Å². The van der Waals surface area contributed by atoms with Gasteiger partial charge in [0, 0.05) is 19.0 Å². The molecule has 1 aliphatic heterocycles. The number of fused-ring (bicyclic) bond motifs is 1. The number of H-pyrrole nitrogens is 1. The highest BCUT2D eigenvalue weighted by Gasteiger charge is 2.21. The predicted octanol–water partition coefficient (Wildman–Crippen LogP) is 0.768. The second-order valence-electron chi connectivity index (χ2n) is 4.26. The van der Waals surface area contributed by atoms with Crippen LogP contribution in [0, 0.1) is 5.92 Å². The third kappa shape index (κ3) is 1.75. The Kier molecular flexibility index (Phi) is 2.47. The molecule has 2 aromatic rings. The lowest BCUT2D eigenvalue weighted by Crippen LogP contribution is -2.34. The van der Waals surface area contributed by atoms with Crippen molar-refractivity contribution in [2.24, 2.45) is 5.92 Å². The molecule has 17 heavy (non-hydrogen) atoms. The second-order valence-corrected chi connectivity index (χ2v) is 4.26. The maximum Gasteiger partial charge on any atom is 0.182 e. The molecular formula is C11H13N5O. The van der Waals surface area contributed by atoms with Crippen molar-refractivity contribution in [2.45, 2.75) is 12.8 Å². The van der Waals surface area contributed by atoms with Gasteiger partial charge in [-0.05, 0) is 12.8 Å². The summed E-state index contributed by atoms with van der Waals surface area (Å²) in [5.41, 5.74) is 1.56. The number of hydrogen-bond acceptors (Lipinski definition) is 5. The SMILES string of the molecule is O=CC1CCN(c2ncnc3nc[nH]c23)CC1. The first-order valence-electron chi connectivity index (χ1n) is 5.73. The number of rotatable bonds is 2. The maximum absolute atomic E-state index is 10.7. The van der Waals surface area contributed by atoms with Gasteiger partial charge in [0.2, 0.25) is 0 Å². The number of hydrogen-bond donors (Lipinski definition) is 1. The van der Waals surface area contributed by atoms with E-state index in [-0.39, 0.29) is 5.92 Å². The Morgan fingerprint density at radius 3 is 2.88 bits per heavy atom. The molecule has 0 atom stereocenters. The molecule has 0 radical (unpaired) electrons. The van der Waals surface area contributed by atoms with Crippen LogP contribution in [-0.2, 0) is 4.79 Å². The van der Waals surface area contributed by atoms with Crippen LogP contribution in [0.2, 0.25) is 0 Å². The minimum Gasteiger partial charge on any atom is -0.355 e. The average molecular weight is 231 g/mol. The minimum atomic E-state index is 0.199. The van der Waals surface area contributed by atoms with Gasteiger partial charge in [0.05, 0.1) is 6.33 Å². The maximum atomic E-state index is 10.7. The Balaban J connectivity index is 1.89. The summed E-state index contributed by atoms with van der Waals surface area (Å²) in [6.45, 7) is 1.71. The average Bonchev–Trinajstić information content (AvgIpc) is 2.87. The van der Waals surface area contributed by atoms with Gasteiger partial charge < -0.3 is 14.7 Å². The molecule has 1 saturated heterocycles. The van der Waals surface area contributed by atoms with Gasteiger partial charge in [-0.3, -0.25) is 0 Å². The fourth-order valence-corrected chi connectivity index (χ4v) is 2.24. The second kappa shape index (κ2) is 4.12. The molecule has 0 aliphatic carbocycles. The van der Waals surface area contributed by atoms with Crippen molar-refractivity contribution >= 4 is 23.3 Å². The Hall–Kier alpha value is -1.98. The first kappa shape index (κ1) is 10.2. The highest BCUT2D eigenvalue weighted by atomic mass is 16.1. The molecule has 0 spiro atoms. The smallest absolute Gasteiger partial charge is 0.182 e. The van der Waals surface area contributed by atoms with Gasteiger partial charge in [0.15, 0.2) is 11.5 Å². The van der Waals surface area contributed by atoms with Gasteiger partial charge in [-0.25, -0.2) is 15.0 Å². The molecule has 6 nitrogen and oxygen atoms in total. The van der Waals surface area contributed by atoms with Gasteiger partial charge in [0.25, 0.3) is 0 Å². The van der Waals surface area contributed by atoms with E-state index in [1.54, 1.807) is 6.33 Å². The van der Waals surface area contributed by atoms with Crippen molar-refractivity contribution < 1.29 is 4.79 Å². The van der Waals surface area contributed by atoms with E-state index in [1.165, 1.54) is 6.33 Å². The van der Waals surface area contributed by atoms with Crippen LogP contribution in [0.4, 0.5) is 5.82 Å². The van der Waals surface area contributed by atoms with Crippen LogP contribution < -0.4 is 4.90 Å². The van der Waals surface area contributed by atoms with Crippen LogP contribution in [0.15, 0.2) is 12.7 Å². The lowest BCUT2D eigenvalue weighted by atomic mass is 9.99. The van der Waals surface area contributed by atoms with Crippen molar-refractivity contribution in [2.75, 3.05) is 18.0 Å². The lowest BCUT2D eigenvalue weighted by Gasteiger charge is -2.30. The number of carbonyl (C=O) groups excluding carboxylic acids is 1. The summed E-state index contributed by atoms with van der Waals surface area (Å²) in [4.78, 5) is 28.5. The molecule has 3 heterocycles. The normalized spacial score (nSPS) is 17.5. The summed E-state index contributed by atoms with van der Waals surface area (Å²) in [6, 6.07) is 0. The number of nitrogens with zero attached hydrogens (tertiary/aromatic N) is 4. The highest BCUT2D eigenvalue weighted by Crippen LogP contribution is 2.24. The van der Waals surface area contributed by atoms with Crippen LogP contribution in [0.3, 0.4) is 0 Å². The molecule has 0 aromatic carbocycles. The summed E-state index contributed by atoms with van der Waals surface area (Å²) in [5, 5.41) is 0. The number of anilines is 1. The summed E-state index contributed by atoms with van der Waals surface area (Å²) in [5.74, 6) is 1.09. The van der Waals surface area contributed by atoms with Gasteiger partial charge in [-0.2, -0.15) is 0 Å². The van der Waals surface area contributed by atoms with Crippen molar-refractivity contribution in [3.63, 3.8) is 0 Å². The van der Waals surface area contributed by atoms with Gasteiger partial charge in [0.1, 0.15) is 18.1 Å². The zero-order valence-electron chi connectivity index (χ0n) is 9.33. The first-order chi connectivity index (χ1) is 8.38. The molecule has 6 heteroatoms. The monoisotopic (exact) mass is 231 g/mol. The number of carbonyl (C=O) groups is 1. The Morgan fingerprint density at radius 2 is 2.12 bits per heavy atom. The number of aromatic amines is 1. The molecule has 0 saturated carbocycles. The van der Waals surface area contributed by atoms with E-state index in [0.717, 1.165) is 43.6 Å². The molecule has 88 valence electrons. The summed E-state index contributed by atoms with van der Waals surface area (Å²) in [6.07, 6.45) is 6.00. The molecule has 2 aromatic heterocycles. The third-order valence-electron chi connectivity index (χ3n) is 3.23. The van der Waals surface area contributed by atoms with Gasteiger partial charge in [-0.1, -0.05) is 0 Å². The van der Waals surface area contributed by atoms with Crippen LogP contribution in [-0.4, -0.2) is 39.3 Å². The Bertz CT molecular complexity index is 529. The van der Waals surface area contributed by atoms with Crippen LogP contribution >= 0.6 is 0 Å². The highest BCUT2D eigenvalue weighted by molar-refractivity contribution is 5.82. The standard InChI is InChI=1S/C11H13N5O/c17-5-8-1-3-16(4-2-8)11-9-10(13-6-12-9)14-7-15-11/h5-8H,1-4H2,(H,12,13,14,15). The molecule has 1 N–H and O–H groups in total. The van der Waals surface area contributed by atoms with E-state index in [2.05, 4.69) is 24.8 Å². The molecule has 1 fully saturated rings. The Labute approximate surface area is 98.1 Å². The summed E-state index contributed by atoms with van der Waals surface area (Å²) in [7, 11) is 0. The number of imidazole rings is 1. The van der Waals surface area contributed by atoms with Crippen molar-refractivity contribution in [3.05, 3.63) is 12.7 Å². The van der Waals surface area contributed by atoms with Crippen molar-refractivity contribution in [3.8, 4) is 0 Å². The first-order valence-corrected chi connectivity index (χ1v) is 5.73. The van der Waals surface area contributed by atoms with Crippen LogP contribution in [0.5, 0.6) is 0 Å². The van der Waals surface area contributed by atoms with E-state index >= 15 is 0 Å². The van der Waals surface area contributed by atoms with Crippen molar-refractivity contribution in [1.82, 2.24) is 19.9 Å². The van der Waals surface area contributed by atoms with Crippen LogP contribution in [0.1, 0.15) is 12.8 Å². The molecular weight excluding hydrogens is 218 g/mol. The fourth-order valence-electron chi connectivity index (χ4n) is 2.24. The largest absolute Gasteiger partial charge is 0.355 e. The quantitative estimate of drug-likeness (QED) is 0.772. The molecule has 3 rings (SSSR count). The zero-order chi connectivity index (χ0) is 11.7. The topological polar surface area (TPSA) is 74.8 Å². The molecule has 0 amide bonds. The fraction of sp³-hybridized carbons (Fsp3) is 0.455. The lowest BCUT2D eigenvalue weighted by molar-refractivity contribution is -0.111. The van der Waals surface area contributed by atoms with E-state index in [9.17, 15) is 4.79 Å². The predicted molar refractivity (Wildman–Crippen MR) is 62.7 cm³/mol. The third-order valence-corrected chi connectivity index (χ3v) is 3.23. The summed E-state index contributed by atoms with van der Waals surface area (Å²) >= 11 is 0. The number of nitrogens with one attached hydrogen (secondary N) is 1. The minimum absolute atomic E-state index is 0.199. The van der Waals surface area contributed by atoms with E-state index < -0.39 is 0 Å². The molecule has 0 unspecified atom stereocenters. The molecule has 1 aliphatic rings. The molecule has 0 bridgehead atoms. The zero-order valence-corrected chi connectivity index (χ0v) is 9.33. The number of aromatic nitrogens is 4. The number of piperidine rings is 1. The van der Waals surface area contributed by atoms with Gasteiger partial charge in [-0.15, -0.1) is 0 Å². The van der Waals surface area contributed by atoms with E-state index in [0.29, 0.717) is 5.65 Å². The van der Waals surface area contributed by atoms with Crippen LogP contribution in [0.25, 0.3) is 11.2 Å².